The Hall–Kier alpha value is -1.70. The van der Waals surface area contributed by atoms with Crippen LogP contribution in [-0.4, -0.2) is 31.2 Å². The Morgan fingerprint density at radius 3 is 2.69 bits per heavy atom. The highest BCUT2D eigenvalue weighted by Crippen LogP contribution is 2.32. The van der Waals surface area contributed by atoms with Gasteiger partial charge in [0, 0.05) is 35.6 Å². The number of thioether (sulfide) groups is 1. The number of aryl methyl sites for hydroxylation is 1. The van der Waals surface area contributed by atoms with Crippen LogP contribution in [0, 0.1) is 0 Å². The van der Waals surface area contributed by atoms with Crippen molar-refractivity contribution in [3.05, 3.63) is 40.0 Å². The van der Waals surface area contributed by atoms with Crippen LogP contribution in [0.1, 0.15) is 19.4 Å². The molecule has 0 aliphatic rings. The summed E-state index contributed by atoms with van der Waals surface area (Å²) in [6, 6.07) is 5.50. The molecule has 0 fully saturated rings. The van der Waals surface area contributed by atoms with Gasteiger partial charge in [0.25, 0.3) is 0 Å². The summed E-state index contributed by atoms with van der Waals surface area (Å²) >= 11 is 13.8. The Bertz CT molecular complexity index is 909. The second-order valence-electron chi connectivity index (χ2n) is 5.53. The molecule has 0 saturated heterocycles. The molecule has 138 valence electrons. The summed E-state index contributed by atoms with van der Waals surface area (Å²) in [6.07, 6.45) is 1.93. The fourth-order valence-electron chi connectivity index (χ4n) is 2.42. The van der Waals surface area contributed by atoms with Crippen LogP contribution in [0.4, 0.5) is 0 Å². The van der Waals surface area contributed by atoms with Gasteiger partial charge in [0.05, 0.1) is 6.61 Å². The molecule has 6 nitrogen and oxygen atoms in total. The van der Waals surface area contributed by atoms with Crippen molar-refractivity contribution in [2.24, 2.45) is 7.05 Å². The van der Waals surface area contributed by atoms with Crippen LogP contribution in [-0.2, 0) is 19.3 Å². The number of benzene rings is 1. The molecule has 0 bridgehead atoms. The largest absolute Gasteiger partial charge is 0.476 e. The molecule has 0 spiro atoms. The predicted octanol–water partition coefficient (Wildman–Crippen LogP) is 4.70. The van der Waals surface area contributed by atoms with Crippen molar-refractivity contribution >= 4 is 35.0 Å². The lowest BCUT2D eigenvalue weighted by Crippen LogP contribution is -1.98. The first-order valence-corrected chi connectivity index (χ1v) is 9.94. The zero-order chi connectivity index (χ0) is 18.7. The summed E-state index contributed by atoms with van der Waals surface area (Å²) in [6.45, 7) is 5.26. The third kappa shape index (κ3) is 4.00. The zero-order valence-electron chi connectivity index (χ0n) is 14.7. The van der Waals surface area contributed by atoms with Crippen molar-refractivity contribution in [2.45, 2.75) is 31.3 Å². The maximum atomic E-state index is 6.24. The van der Waals surface area contributed by atoms with Crippen molar-refractivity contribution in [1.82, 2.24) is 24.5 Å². The first-order chi connectivity index (χ1) is 12.5. The van der Waals surface area contributed by atoms with Crippen LogP contribution in [0.2, 0.25) is 10.0 Å². The first-order valence-electron chi connectivity index (χ1n) is 8.20. The highest BCUT2D eigenvalue weighted by Gasteiger charge is 2.19. The summed E-state index contributed by atoms with van der Waals surface area (Å²) in [5.74, 6) is 1.97. The van der Waals surface area contributed by atoms with E-state index in [1.807, 2.05) is 48.5 Å². The van der Waals surface area contributed by atoms with E-state index in [0.29, 0.717) is 28.3 Å². The van der Waals surface area contributed by atoms with Gasteiger partial charge in [0.2, 0.25) is 5.88 Å². The zero-order valence-corrected chi connectivity index (χ0v) is 17.1. The molecule has 0 amide bonds. The molecule has 0 unspecified atom stereocenters. The van der Waals surface area contributed by atoms with Crippen molar-refractivity contribution in [3.8, 4) is 17.3 Å². The minimum atomic E-state index is 0.544. The number of nitrogens with zero attached hydrogens (tertiary/aromatic N) is 5. The fourth-order valence-corrected chi connectivity index (χ4v) is 3.89. The third-order valence-corrected chi connectivity index (χ3v) is 5.44. The summed E-state index contributed by atoms with van der Waals surface area (Å²) in [4.78, 5) is 0. The number of aromatic nitrogens is 5. The number of rotatable bonds is 7. The molecule has 26 heavy (non-hydrogen) atoms. The lowest BCUT2D eigenvalue weighted by Gasteiger charge is -2.06. The van der Waals surface area contributed by atoms with Gasteiger partial charge in [-0.3, -0.25) is 4.68 Å². The Morgan fingerprint density at radius 2 is 2.00 bits per heavy atom. The average molecular weight is 412 g/mol. The lowest BCUT2D eigenvalue weighted by atomic mass is 10.2. The highest BCUT2D eigenvalue weighted by atomic mass is 35.5. The van der Waals surface area contributed by atoms with E-state index in [4.69, 9.17) is 27.9 Å². The number of halogens is 2. The molecular weight excluding hydrogens is 393 g/mol. The summed E-state index contributed by atoms with van der Waals surface area (Å²) in [5, 5.41) is 15.1. The molecule has 9 heteroatoms. The monoisotopic (exact) mass is 411 g/mol. The van der Waals surface area contributed by atoms with Crippen LogP contribution < -0.4 is 4.74 Å². The molecule has 0 aliphatic heterocycles. The minimum absolute atomic E-state index is 0.544. The second kappa shape index (κ2) is 8.33. The molecule has 2 aromatic heterocycles. The maximum Gasteiger partial charge on any atom is 0.243 e. The minimum Gasteiger partial charge on any atom is -0.476 e. The Labute approximate surface area is 166 Å². The average Bonchev–Trinajstić information content (AvgIpc) is 3.18. The van der Waals surface area contributed by atoms with Crippen LogP contribution in [0.5, 0.6) is 5.88 Å². The van der Waals surface area contributed by atoms with E-state index in [2.05, 4.69) is 15.3 Å². The maximum absolute atomic E-state index is 6.24. The highest BCUT2D eigenvalue weighted by molar-refractivity contribution is 7.98. The molecule has 0 radical (unpaired) electrons. The normalized spacial score (nSPS) is 11.1. The SMILES string of the molecule is CCOc1nn(CC)cc1-c1nnc(SCc2ccc(Cl)cc2Cl)n1C. The van der Waals surface area contributed by atoms with E-state index in [0.717, 1.165) is 28.7 Å². The Balaban J connectivity index is 1.83. The molecule has 0 N–H and O–H groups in total. The van der Waals surface area contributed by atoms with E-state index in [1.165, 1.54) is 0 Å². The molecule has 0 atom stereocenters. The predicted molar refractivity (Wildman–Crippen MR) is 105 cm³/mol. The van der Waals surface area contributed by atoms with Gasteiger partial charge in [-0.1, -0.05) is 41.0 Å². The number of ether oxygens (including phenoxy) is 1. The van der Waals surface area contributed by atoms with E-state index in [9.17, 15) is 0 Å². The van der Waals surface area contributed by atoms with Gasteiger partial charge in [-0.2, -0.15) is 0 Å². The van der Waals surface area contributed by atoms with Crippen molar-refractivity contribution < 1.29 is 4.74 Å². The Kier molecular flexibility index (Phi) is 6.11. The number of hydrogen-bond acceptors (Lipinski definition) is 5. The van der Waals surface area contributed by atoms with Crippen LogP contribution in [0.25, 0.3) is 11.4 Å². The van der Waals surface area contributed by atoms with Crippen molar-refractivity contribution in [1.29, 1.82) is 0 Å². The van der Waals surface area contributed by atoms with Gasteiger partial charge in [0.15, 0.2) is 11.0 Å². The second-order valence-corrected chi connectivity index (χ2v) is 7.31. The van der Waals surface area contributed by atoms with Crippen LogP contribution in [0.3, 0.4) is 0 Å². The van der Waals surface area contributed by atoms with E-state index >= 15 is 0 Å². The van der Waals surface area contributed by atoms with Crippen LogP contribution >= 0.6 is 35.0 Å². The van der Waals surface area contributed by atoms with Crippen molar-refractivity contribution in [2.75, 3.05) is 6.61 Å². The molecule has 0 saturated carbocycles. The summed E-state index contributed by atoms with van der Waals surface area (Å²) in [5.41, 5.74) is 1.83. The molecule has 2 heterocycles. The van der Waals surface area contributed by atoms with Gasteiger partial charge in [-0.15, -0.1) is 15.3 Å². The Morgan fingerprint density at radius 1 is 1.19 bits per heavy atom. The van der Waals surface area contributed by atoms with Gasteiger partial charge in [0.1, 0.15) is 5.56 Å². The molecule has 3 rings (SSSR count). The molecule has 3 aromatic rings. The standard InChI is InChI=1S/C17H19Cl2N5OS/c1-4-24-9-13(16(22-24)25-5-2)15-20-21-17(23(15)3)26-10-11-6-7-12(18)8-14(11)19/h6-9H,4-5,10H2,1-3H3. The van der Waals surface area contributed by atoms with E-state index in [1.54, 1.807) is 17.8 Å². The number of hydrogen-bond donors (Lipinski definition) is 0. The lowest BCUT2D eigenvalue weighted by molar-refractivity contribution is 0.322. The molecular formula is C17H19Cl2N5OS. The third-order valence-electron chi connectivity index (χ3n) is 3.78. The van der Waals surface area contributed by atoms with E-state index in [-0.39, 0.29) is 0 Å². The van der Waals surface area contributed by atoms with Crippen LogP contribution in [0.15, 0.2) is 29.6 Å². The van der Waals surface area contributed by atoms with Gasteiger partial charge >= 0.3 is 0 Å². The smallest absolute Gasteiger partial charge is 0.243 e. The van der Waals surface area contributed by atoms with E-state index < -0.39 is 0 Å². The first kappa shape index (κ1) is 19.1. The van der Waals surface area contributed by atoms with Gasteiger partial charge in [-0.05, 0) is 31.5 Å². The molecule has 1 aromatic carbocycles. The van der Waals surface area contributed by atoms with Gasteiger partial charge < -0.3 is 9.30 Å². The van der Waals surface area contributed by atoms with Gasteiger partial charge in [-0.25, -0.2) is 0 Å². The quantitative estimate of drug-likeness (QED) is 0.527. The van der Waals surface area contributed by atoms with Crippen molar-refractivity contribution in [3.63, 3.8) is 0 Å². The summed E-state index contributed by atoms with van der Waals surface area (Å²) < 4.78 is 9.41. The summed E-state index contributed by atoms with van der Waals surface area (Å²) in [7, 11) is 1.93. The molecule has 0 aliphatic carbocycles. The topological polar surface area (TPSA) is 57.8 Å². The fraction of sp³-hybridized carbons (Fsp3) is 0.353.